The van der Waals surface area contributed by atoms with Crippen molar-refractivity contribution in [3.63, 3.8) is 0 Å². The Bertz CT molecular complexity index is 79.6. The predicted octanol–water partition coefficient (Wildman–Crippen LogP) is 0.0103. The lowest BCUT2D eigenvalue weighted by atomic mass is 10.2. The van der Waals surface area contributed by atoms with Gasteiger partial charge < -0.3 is 4.90 Å². The number of carbonyl (C=O) groups is 1. The van der Waals surface area contributed by atoms with Crippen LogP contribution in [0.3, 0.4) is 0 Å². The number of amides is 1. The first-order chi connectivity index (χ1) is 2.80. The predicted molar refractivity (Wildman–Crippen MR) is 21.7 cm³/mol. The van der Waals surface area contributed by atoms with Crippen LogP contribution in [-0.4, -0.2) is 17.4 Å². The molecule has 2 heteroatoms. The molecule has 0 unspecified atom stereocenters. The van der Waals surface area contributed by atoms with Gasteiger partial charge in [0.05, 0.1) is 0 Å². The van der Waals surface area contributed by atoms with E-state index < -0.39 is 0 Å². The highest BCUT2D eigenvalue weighted by Crippen LogP contribution is 2.03. The van der Waals surface area contributed by atoms with Crippen LogP contribution in [0.1, 0.15) is 6.42 Å². The summed E-state index contributed by atoms with van der Waals surface area (Å²) in [6, 6.07) is 0. The number of rotatable bonds is 0. The van der Waals surface area contributed by atoms with Crippen LogP contribution in [-0.2, 0) is 4.79 Å². The molecule has 1 saturated heterocycles. The minimum Gasteiger partial charge on any atom is -0.340 e. The van der Waals surface area contributed by atoms with E-state index >= 15 is 0 Å². The first kappa shape index (κ1) is 3.65. The van der Waals surface area contributed by atoms with Gasteiger partial charge in [-0.05, 0) is 0 Å². The third-order valence-corrected chi connectivity index (χ3v) is 0.948. The van der Waals surface area contributed by atoms with Crippen LogP contribution >= 0.6 is 0 Å². The molecule has 0 saturated carbocycles. The minimum absolute atomic E-state index is 0.162. The van der Waals surface area contributed by atoms with E-state index in [2.05, 4.69) is 7.05 Å². The summed E-state index contributed by atoms with van der Waals surface area (Å²) in [5.41, 5.74) is 0. The monoisotopic (exact) mass is 84.0 g/mol. The van der Waals surface area contributed by atoms with E-state index in [1.165, 1.54) is 4.90 Å². The SMILES string of the molecule is [CH2]N1CCC1=O. The van der Waals surface area contributed by atoms with E-state index in [0.29, 0.717) is 6.42 Å². The van der Waals surface area contributed by atoms with Gasteiger partial charge in [0.25, 0.3) is 0 Å². The zero-order valence-corrected chi connectivity index (χ0v) is 3.48. The first-order valence-corrected chi connectivity index (χ1v) is 1.91. The van der Waals surface area contributed by atoms with Crippen molar-refractivity contribution >= 4 is 5.91 Å². The Balaban J connectivity index is 2.39. The van der Waals surface area contributed by atoms with Crippen LogP contribution in [0.2, 0.25) is 0 Å². The summed E-state index contributed by atoms with van der Waals surface area (Å²) >= 11 is 0. The van der Waals surface area contributed by atoms with Crippen molar-refractivity contribution in [3.8, 4) is 0 Å². The van der Waals surface area contributed by atoms with E-state index in [-0.39, 0.29) is 5.91 Å². The van der Waals surface area contributed by atoms with E-state index in [4.69, 9.17) is 0 Å². The van der Waals surface area contributed by atoms with Gasteiger partial charge in [-0.2, -0.15) is 0 Å². The van der Waals surface area contributed by atoms with Gasteiger partial charge in [-0.3, -0.25) is 4.79 Å². The highest BCUT2D eigenvalue weighted by molar-refractivity contribution is 5.81. The Morgan fingerprint density at radius 3 is 2.33 bits per heavy atom. The summed E-state index contributed by atoms with van der Waals surface area (Å²) in [5.74, 6) is 0.162. The molecule has 1 amide bonds. The number of nitrogens with zero attached hydrogens (tertiary/aromatic N) is 1. The molecular formula is C4H6NO. The van der Waals surface area contributed by atoms with Crippen molar-refractivity contribution in [1.82, 2.24) is 4.90 Å². The molecule has 0 bridgehead atoms. The van der Waals surface area contributed by atoms with Gasteiger partial charge in [0, 0.05) is 20.0 Å². The van der Waals surface area contributed by atoms with Crippen molar-refractivity contribution in [3.05, 3.63) is 7.05 Å². The fraction of sp³-hybridized carbons (Fsp3) is 0.500. The third kappa shape index (κ3) is 0.295. The van der Waals surface area contributed by atoms with Gasteiger partial charge in [-0.1, -0.05) is 0 Å². The lowest BCUT2D eigenvalue weighted by molar-refractivity contribution is -0.136. The zero-order chi connectivity index (χ0) is 4.57. The first-order valence-electron chi connectivity index (χ1n) is 1.91. The summed E-state index contributed by atoms with van der Waals surface area (Å²) in [6.45, 7) is 0.846. The maximum Gasteiger partial charge on any atom is 0.224 e. The molecule has 1 rings (SSSR count). The lowest BCUT2D eigenvalue weighted by Crippen LogP contribution is -2.37. The number of likely N-dealkylation sites (tertiary alicyclic amines) is 1. The molecule has 0 spiro atoms. The number of hydrogen-bond donors (Lipinski definition) is 0. The Kier molecular flexibility index (Phi) is 0.587. The molecule has 0 aromatic carbocycles. The second kappa shape index (κ2) is 0.965. The van der Waals surface area contributed by atoms with Crippen LogP contribution < -0.4 is 0 Å². The topological polar surface area (TPSA) is 20.3 Å². The summed E-state index contributed by atoms with van der Waals surface area (Å²) in [4.78, 5) is 11.6. The average molecular weight is 84.1 g/mol. The summed E-state index contributed by atoms with van der Waals surface area (Å²) in [5, 5.41) is 0. The highest BCUT2D eigenvalue weighted by atomic mass is 16.2. The van der Waals surface area contributed by atoms with Crippen molar-refractivity contribution in [2.24, 2.45) is 0 Å². The largest absolute Gasteiger partial charge is 0.340 e. The van der Waals surface area contributed by atoms with Crippen LogP contribution in [0.4, 0.5) is 0 Å². The molecule has 1 radical (unpaired) electrons. The zero-order valence-electron chi connectivity index (χ0n) is 3.48. The molecule has 2 nitrogen and oxygen atoms in total. The molecular weight excluding hydrogens is 78.0 g/mol. The van der Waals surface area contributed by atoms with Crippen LogP contribution in [0.5, 0.6) is 0 Å². The van der Waals surface area contributed by atoms with E-state index in [0.717, 1.165) is 6.54 Å². The summed E-state index contributed by atoms with van der Waals surface area (Å²) < 4.78 is 0. The second-order valence-electron chi connectivity index (χ2n) is 1.41. The van der Waals surface area contributed by atoms with Crippen molar-refractivity contribution in [1.29, 1.82) is 0 Å². The number of β-lactam (4-membered cyclic amide) rings is 1. The molecule has 6 heavy (non-hydrogen) atoms. The van der Waals surface area contributed by atoms with E-state index in [9.17, 15) is 4.79 Å². The van der Waals surface area contributed by atoms with Crippen molar-refractivity contribution in [2.45, 2.75) is 6.42 Å². The summed E-state index contributed by atoms with van der Waals surface area (Å²) in [7, 11) is 3.41. The third-order valence-electron chi connectivity index (χ3n) is 0.948. The van der Waals surface area contributed by atoms with Gasteiger partial charge in [-0.15, -0.1) is 0 Å². The van der Waals surface area contributed by atoms with Crippen molar-refractivity contribution < 1.29 is 4.79 Å². The lowest BCUT2D eigenvalue weighted by Gasteiger charge is -2.24. The molecule has 1 aliphatic rings. The van der Waals surface area contributed by atoms with Crippen LogP contribution in [0, 0.1) is 7.05 Å². The number of carbonyl (C=O) groups excluding carboxylic acids is 1. The van der Waals surface area contributed by atoms with Crippen LogP contribution in [0.15, 0.2) is 0 Å². The molecule has 1 heterocycles. The van der Waals surface area contributed by atoms with E-state index in [1.807, 2.05) is 0 Å². The fourth-order valence-corrected chi connectivity index (χ4v) is 0.361. The maximum absolute atomic E-state index is 10.1. The molecule has 0 aliphatic carbocycles. The number of hydrogen-bond acceptors (Lipinski definition) is 1. The second-order valence-corrected chi connectivity index (χ2v) is 1.41. The van der Waals surface area contributed by atoms with Gasteiger partial charge in [0.2, 0.25) is 5.91 Å². The quantitative estimate of drug-likeness (QED) is 0.378. The molecule has 0 atom stereocenters. The Hall–Kier alpha value is -0.530. The molecule has 0 N–H and O–H groups in total. The van der Waals surface area contributed by atoms with Gasteiger partial charge >= 0.3 is 0 Å². The van der Waals surface area contributed by atoms with Crippen LogP contribution in [0.25, 0.3) is 0 Å². The van der Waals surface area contributed by atoms with Gasteiger partial charge in [0.15, 0.2) is 0 Å². The molecule has 1 aliphatic heterocycles. The maximum atomic E-state index is 10.1. The smallest absolute Gasteiger partial charge is 0.224 e. The fourth-order valence-electron chi connectivity index (χ4n) is 0.361. The van der Waals surface area contributed by atoms with Gasteiger partial charge in [0.1, 0.15) is 0 Å². The molecule has 33 valence electrons. The molecule has 1 fully saturated rings. The minimum atomic E-state index is 0.162. The molecule has 0 aromatic heterocycles. The Labute approximate surface area is 36.7 Å². The van der Waals surface area contributed by atoms with Gasteiger partial charge in [-0.25, -0.2) is 0 Å². The average Bonchev–Trinajstić information content (AvgIpc) is 1.61. The summed E-state index contributed by atoms with van der Waals surface area (Å²) in [6.07, 6.45) is 0.698. The highest BCUT2D eigenvalue weighted by Gasteiger charge is 2.17. The Morgan fingerprint density at radius 1 is 1.83 bits per heavy atom. The normalized spacial score (nSPS) is 20.8. The molecule has 0 aromatic rings. The van der Waals surface area contributed by atoms with Crippen molar-refractivity contribution in [2.75, 3.05) is 6.54 Å². The standard InChI is InChI=1S/C4H6NO/c1-5-3-2-4(5)6/h1-3H2. The van der Waals surface area contributed by atoms with E-state index in [1.54, 1.807) is 0 Å². The Morgan fingerprint density at radius 2 is 2.33 bits per heavy atom.